The average molecular weight is 344 g/mol. The minimum Gasteiger partial charge on any atom is -0.368 e. The molecule has 8 heteroatoms. The Morgan fingerprint density at radius 3 is 2.76 bits per heavy atom. The Hall–Kier alpha value is -2.77. The quantitative estimate of drug-likeness (QED) is 0.623. The second kappa shape index (κ2) is 8.91. The highest BCUT2D eigenvalue weighted by atomic mass is 16.2. The number of carbonyl (C=O) groups excluding carboxylic acids is 1. The largest absolute Gasteiger partial charge is 0.368 e. The average Bonchev–Trinajstić information content (AvgIpc) is 2.56. The number of nitrogens with one attached hydrogen (secondary N) is 3. The monoisotopic (exact) mass is 344 g/mol. The zero-order valence-corrected chi connectivity index (χ0v) is 14.8. The Morgan fingerprint density at radius 2 is 2.04 bits per heavy atom. The van der Waals surface area contributed by atoms with Crippen molar-refractivity contribution in [2.24, 2.45) is 0 Å². The highest BCUT2D eigenvalue weighted by Crippen LogP contribution is 2.08. The number of rotatable bonds is 8. The van der Waals surface area contributed by atoms with Crippen molar-refractivity contribution in [1.29, 1.82) is 0 Å². The van der Waals surface area contributed by atoms with Gasteiger partial charge in [-0.05, 0) is 20.3 Å². The molecule has 0 radical (unpaired) electrons. The first-order chi connectivity index (χ1) is 12.0. The number of unbranched alkanes of at least 4 members (excludes halogenated alkanes) is 1. The molecule has 0 bridgehead atoms. The Balaban J connectivity index is 1.85. The third-order valence-electron chi connectivity index (χ3n) is 3.54. The number of hydrogen-bond acceptors (Lipinski definition) is 6. The van der Waals surface area contributed by atoms with E-state index in [2.05, 4.69) is 37.5 Å². The molecule has 0 aliphatic rings. The van der Waals surface area contributed by atoms with Crippen LogP contribution in [0.5, 0.6) is 0 Å². The molecule has 0 unspecified atom stereocenters. The maximum Gasteiger partial charge on any atom is 0.263 e. The lowest BCUT2D eigenvalue weighted by molar-refractivity contribution is 0.0953. The van der Waals surface area contributed by atoms with Crippen LogP contribution in [0.25, 0.3) is 0 Å². The fourth-order valence-electron chi connectivity index (χ4n) is 2.27. The molecule has 0 aliphatic heterocycles. The number of aromatic amines is 1. The molecular formula is C17H24N6O2. The molecule has 0 saturated carbocycles. The summed E-state index contributed by atoms with van der Waals surface area (Å²) < 4.78 is 0. The normalized spacial score (nSPS) is 10.5. The predicted molar refractivity (Wildman–Crippen MR) is 95.8 cm³/mol. The van der Waals surface area contributed by atoms with Gasteiger partial charge in [0.25, 0.3) is 11.5 Å². The Kier molecular flexibility index (Phi) is 6.62. The van der Waals surface area contributed by atoms with E-state index in [-0.39, 0.29) is 5.56 Å². The van der Waals surface area contributed by atoms with Crippen LogP contribution >= 0.6 is 0 Å². The zero-order valence-electron chi connectivity index (χ0n) is 14.8. The summed E-state index contributed by atoms with van der Waals surface area (Å²) >= 11 is 0. The number of aryl methyl sites for hydroxylation is 3. The highest BCUT2D eigenvalue weighted by Gasteiger charge is 2.10. The molecule has 0 fully saturated rings. The SMILES string of the molecule is CCCCc1nc(C)cc(NCCNC(=O)c2cnc(C)[nH]c2=O)n1. The van der Waals surface area contributed by atoms with Gasteiger partial charge in [-0.25, -0.2) is 15.0 Å². The molecule has 25 heavy (non-hydrogen) atoms. The summed E-state index contributed by atoms with van der Waals surface area (Å²) in [5.41, 5.74) is 0.472. The first kappa shape index (κ1) is 18.6. The van der Waals surface area contributed by atoms with Crippen molar-refractivity contribution in [3.05, 3.63) is 45.5 Å². The molecule has 3 N–H and O–H groups in total. The molecule has 2 aromatic rings. The van der Waals surface area contributed by atoms with Gasteiger partial charge in [-0.2, -0.15) is 0 Å². The molecule has 0 aliphatic carbocycles. The Morgan fingerprint density at radius 1 is 1.24 bits per heavy atom. The lowest BCUT2D eigenvalue weighted by Gasteiger charge is -2.09. The highest BCUT2D eigenvalue weighted by molar-refractivity contribution is 5.93. The van der Waals surface area contributed by atoms with Crippen molar-refractivity contribution in [3.8, 4) is 0 Å². The maximum atomic E-state index is 12.0. The van der Waals surface area contributed by atoms with Gasteiger partial charge in [-0.1, -0.05) is 13.3 Å². The van der Waals surface area contributed by atoms with Gasteiger partial charge in [0.05, 0.1) is 0 Å². The minimum absolute atomic E-state index is 0.00494. The van der Waals surface area contributed by atoms with Gasteiger partial charge in [0.15, 0.2) is 0 Å². The predicted octanol–water partition coefficient (Wildman–Crippen LogP) is 1.36. The van der Waals surface area contributed by atoms with Crippen molar-refractivity contribution in [2.45, 2.75) is 40.0 Å². The van der Waals surface area contributed by atoms with Crippen molar-refractivity contribution in [3.63, 3.8) is 0 Å². The fraction of sp³-hybridized carbons (Fsp3) is 0.471. The molecule has 0 saturated heterocycles. The molecule has 8 nitrogen and oxygen atoms in total. The van der Waals surface area contributed by atoms with E-state index in [1.807, 2.05) is 13.0 Å². The van der Waals surface area contributed by atoms with Gasteiger partial charge in [0.1, 0.15) is 23.0 Å². The Labute approximate surface area is 146 Å². The van der Waals surface area contributed by atoms with Crippen LogP contribution in [0.1, 0.15) is 47.5 Å². The van der Waals surface area contributed by atoms with Crippen LogP contribution in [0.2, 0.25) is 0 Å². The number of H-pyrrole nitrogens is 1. The number of aromatic nitrogens is 4. The molecule has 134 valence electrons. The van der Waals surface area contributed by atoms with Crippen molar-refractivity contribution in [2.75, 3.05) is 18.4 Å². The van der Waals surface area contributed by atoms with E-state index in [4.69, 9.17) is 0 Å². The topological polar surface area (TPSA) is 113 Å². The van der Waals surface area contributed by atoms with Crippen molar-refractivity contribution in [1.82, 2.24) is 25.3 Å². The minimum atomic E-state index is -0.446. The van der Waals surface area contributed by atoms with Gasteiger partial charge < -0.3 is 15.6 Å². The van der Waals surface area contributed by atoms with Crippen LogP contribution in [-0.4, -0.2) is 38.9 Å². The number of nitrogens with zero attached hydrogens (tertiary/aromatic N) is 3. The summed E-state index contributed by atoms with van der Waals surface area (Å²) in [6, 6.07) is 1.87. The van der Waals surface area contributed by atoms with Crippen LogP contribution in [0.15, 0.2) is 17.1 Å². The molecule has 0 atom stereocenters. The van der Waals surface area contributed by atoms with E-state index in [9.17, 15) is 9.59 Å². The second-order valence-electron chi connectivity index (χ2n) is 5.81. The fourth-order valence-corrected chi connectivity index (χ4v) is 2.27. The van der Waals surface area contributed by atoms with Gasteiger partial charge in [0.2, 0.25) is 0 Å². The maximum absolute atomic E-state index is 12.0. The number of amides is 1. The van der Waals surface area contributed by atoms with Crippen molar-refractivity contribution < 1.29 is 4.79 Å². The summed E-state index contributed by atoms with van der Waals surface area (Å²) in [6.45, 7) is 6.57. The van der Waals surface area contributed by atoms with Gasteiger partial charge >= 0.3 is 0 Å². The molecule has 0 spiro atoms. The lowest BCUT2D eigenvalue weighted by Crippen LogP contribution is -2.33. The van der Waals surface area contributed by atoms with E-state index < -0.39 is 11.5 Å². The van der Waals surface area contributed by atoms with Crippen molar-refractivity contribution >= 4 is 11.7 Å². The van der Waals surface area contributed by atoms with Gasteiger partial charge in [-0.3, -0.25) is 9.59 Å². The second-order valence-corrected chi connectivity index (χ2v) is 5.81. The molecule has 2 rings (SSSR count). The third kappa shape index (κ3) is 5.66. The van der Waals surface area contributed by atoms with E-state index >= 15 is 0 Å². The van der Waals surface area contributed by atoms with E-state index in [0.29, 0.717) is 18.9 Å². The van der Waals surface area contributed by atoms with Crippen LogP contribution < -0.4 is 16.2 Å². The zero-order chi connectivity index (χ0) is 18.2. The standard InChI is InChI=1S/C17H24N6O2/c1-4-5-6-14-21-11(2)9-15(23-14)18-7-8-19-16(24)13-10-20-12(3)22-17(13)25/h9-10H,4-8H2,1-3H3,(H,19,24)(H,18,21,23)(H,20,22,25). The van der Waals surface area contributed by atoms with E-state index in [0.717, 1.165) is 36.6 Å². The molecule has 1 amide bonds. The summed E-state index contributed by atoms with van der Waals surface area (Å²) in [7, 11) is 0. The number of hydrogen-bond donors (Lipinski definition) is 3. The lowest BCUT2D eigenvalue weighted by atomic mass is 10.2. The first-order valence-electron chi connectivity index (χ1n) is 8.42. The summed E-state index contributed by atoms with van der Waals surface area (Å²) in [5.74, 6) is 1.59. The molecule has 2 aromatic heterocycles. The summed E-state index contributed by atoms with van der Waals surface area (Å²) in [5, 5.41) is 5.85. The van der Waals surface area contributed by atoms with Crippen LogP contribution in [0.4, 0.5) is 5.82 Å². The van der Waals surface area contributed by atoms with Crippen LogP contribution in [-0.2, 0) is 6.42 Å². The first-order valence-corrected chi connectivity index (χ1v) is 8.42. The van der Waals surface area contributed by atoms with Crippen LogP contribution in [0, 0.1) is 13.8 Å². The van der Waals surface area contributed by atoms with E-state index in [1.54, 1.807) is 6.92 Å². The van der Waals surface area contributed by atoms with Crippen LogP contribution in [0.3, 0.4) is 0 Å². The van der Waals surface area contributed by atoms with E-state index in [1.165, 1.54) is 6.20 Å². The number of anilines is 1. The smallest absolute Gasteiger partial charge is 0.263 e. The molecular weight excluding hydrogens is 320 g/mol. The summed E-state index contributed by atoms with van der Waals surface area (Å²) in [6.07, 6.45) is 4.29. The number of carbonyl (C=O) groups is 1. The third-order valence-corrected chi connectivity index (χ3v) is 3.54. The Bertz CT molecular complexity index is 787. The molecule has 2 heterocycles. The molecule has 0 aromatic carbocycles. The summed E-state index contributed by atoms with van der Waals surface area (Å²) in [4.78, 5) is 39.0. The van der Waals surface area contributed by atoms with Gasteiger partial charge in [0, 0.05) is 37.5 Å². The van der Waals surface area contributed by atoms with Gasteiger partial charge in [-0.15, -0.1) is 0 Å².